The maximum atomic E-state index is 12.4. The first-order chi connectivity index (χ1) is 11.0. The van der Waals surface area contributed by atoms with Crippen molar-refractivity contribution >= 4 is 5.91 Å². The molecular weight excluding hydrogens is 290 g/mol. The van der Waals surface area contributed by atoms with E-state index in [0.717, 1.165) is 37.3 Å². The molecule has 0 unspecified atom stereocenters. The number of carbonyl (C=O) groups is 1. The highest BCUT2D eigenvalue weighted by molar-refractivity contribution is 5.79. The summed E-state index contributed by atoms with van der Waals surface area (Å²) in [5, 5.41) is 0. The van der Waals surface area contributed by atoms with Gasteiger partial charge >= 0.3 is 0 Å². The summed E-state index contributed by atoms with van der Waals surface area (Å²) < 4.78 is 5.30. The summed E-state index contributed by atoms with van der Waals surface area (Å²) in [7, 11) is 1.71. The Morgan fingerprint density at radius 3 is 3.00 bits per heavy atom. The standard InChI is InChI=1S/C18H27N3O2/c1-14-6-4-7-15(19-14)16-8-5-9-20(16)13-21-11-18(2,12-23-3)10-17(21)22/h4,6-7,16H,5,8-13H2,1-3H3/t16-,18+/m1/s1. The molecule has 23 heavy (non-hydrogen) atoms. The van der Waals surface area contributed by atoms with Gasteiger partial charge in [-0.2, -0.15) is 0 Å². The molecule has 5 heteroatoms. The Bertz CT molecular complexity index is 577. The minimum atomic E-state index is -0.0529. The van der Waals surface area contributed by atoms with Gasteiger partial charge in [0, 0.05) is 37.7 Å². The third-order valence-corrected chi connectivity index (χ3v) is 4.96. The molecule has 5 nitrogen and oxygen atoms in total. The molecule has 2 aliphatic rings. The van der Waals surface area contributed by atoms with Crippen molar-refractivity contribution in [3.63, 3.8) is 0 Å². The van der Waals surface area contributed by atoms with Crippen molar-refractivity contribution in [2.45, 2.75) is 39.2 Å². The summed E-state index contributed by atoms with van der Waals surface area (Å²) in [6.45, 7) is 7.33. The second-order valence-corrected chi connectivity index (χ2v) is 7.33. The van der Waals surface area contributed by atoms with Gasteiger partial charge in [-0.3, -0.25) is 14.7 Å². The summed E-state index contributed by atoms with van der Waals surface area (Å²) in [5.74, 6) is 0.243. The number of likely N-dealkylation sites (tertiary alicyclic amines) is 2. The Labute approximate surface area is 138 Å². The van der Waals surface area contributed by atoms with E-state index in [0.29, 0.717) is 25.7 Å². The molecule has 0 N–H and O–H groups in total. The van der Waals surface area contributed by atoms with Crippen molar-refractivity contribution in [1.82, 2.24) is 14.8 Å². The van der Waals surface area contributed by atoms with Crippen LogP contribution in [0.1, 0.15) is 43.6 Å². The van der Waals surface area contributed by atoms with Crippen LogP contribution in [0, 0.1) is 12.3 Å². The van der Waals surface area contributed by atoms with Gasteiger partial charge in [0.05, 0.1) is 25.0 Å². The van der Waals surface area contributed by atoms with E-state index in [2.05, 4.69) is 24.0 Å². The SMILES string of the molecule is COC[C@@]1(C)CC(=O)N(CN2CCC[C@@H]2c2cccc(C)n2)C1. The van der Waals surface area contributed by atoms with Crippen LogP contribution in [0.15, 0.2) is 18.2 Å². The van der Waals surface area contributed by atoms with Crippen molar-refractivity contribution in [2.24, 2.45) is 5.41 Å². The molecule has 0 aliphatic carbocycles. The summed E-state index contributed by atoms with van der Waals surface area (Å²) in [5.41, 5.74) is 2.14. The van der Waals surface area contributed by atoms with Crippen molar-refractivity contribution < 1.29 is 9.53 Å². The molecule has 0 aromatic carbocycles. The Hall–Kier alpha value is -1.46. The summed E-state index contributed by atoms with van der Waals surface area (Å²) in [6.07, 6.45) is 2.87. The number of hydrogen-bond donors (Lipinski definition) is 0. The van der Waals surface area contributed by atoms with Gasteiger partial charge in [0.15, 0.2) is 0 Å². The second kappa shape index (κ2) is 6.57. The predicted molar refractivity (Wildman–Crippen MR) is 88.8 cm³/mol. The Balaban J connectivity index is 1.68. The molecule has 3 rings (SSSR count). The lowest BCUT2D eigenvalue weighted by molar-refractivity contribution is -0.129. The van der Waals surface area contributed by atoms with Gasteiger partial charge in [-0.15, -0.1) is 0 Å². The summed E-state index contributed by atoms with van der Waals surface area (Å²) in [6, 6.07) is 6.54. The Morgan fingerprint density at radius 2 is 2.26 bits per heavy atom. The molecule has 0 radical (unpaired) electrons. The molecule has 2 fully saturated rings. The maximum Gasteiger partial charge on any atom is 0.224 e. The normalized spacial score (nSPS) is 28.7. The van der Waals surface area contributed by atoms with Gasteiger partial charge in [-0.25, -0.2) is 0 Å². The monoisotopic (exact) mass is 317 g/mol. The number of nitrogens with zero attached hydrogens (tertiary/aromatic N) is 3. The molecule has 0 bridgehead atoms. The fourth-order valence-corrected chi connectivity index (χ4v) is 3.96. The van der Waals surface area contributed by atoms with E-state index in [1.54, 1.807) is 7.11 Å². The number of pyridine rings is 1. The molecular formula is C18H27N3O2. The second-order valence-electron chi connectivity index (χ2n) is 7.33. The third-order valence-electron chi connectivity index (χ3n) is 4.96. The van der Waals surface area contributed by atoms with Gasteiger partial charge in [-0.05, 0) is 31.9 Å². The number of carbonyl (C=O) groups excluding carboxylic acids is 1. The van der Waals surface area contributed by atoms with Crippen molar-refractivity contribution in [2.75, 3.05) is 33.5 Å². The first-order valence-electron chi connectivity index (χ1n) is 8.45. The smallest absolute Gasteiger partial charge is 0.224 e. The van der Waals surface area contributed by atoms with Gasteiger partial charge in [0.25, 0.3) is 0 Å². The molecule has 0 saturated carbocycles. The Kier molecular flexibility index (Phi) is 4.69. The van der Waals surface area contributed by atoms with Crippen LogP contribution in [-0.2, 0) is 9.53 Å². The van der Waals surface area contributed by atoms with E-state index in [4.69, 9.17) is 9.72 Å². The van der Waals surface area contributed by atoms with Crippen LogP contribution in [0.4, 0.5) is 0 Å². The number of aromatic nitrogens is 1. The van der Waals surface area contributed by atoms with Crippen LogP contribution in [0.2, 0.25) is 0 Å². The van der Waals surface area contributed by atoms with E-state index in [9.17, 15) is 4.79 Å². The lowest BCUT2D eigenvalue weighted by Gasteiger charge is -2.30. The van der Waals surface area contributed by atoms with Gasteiger partial charge in [-0.1, -0.05) is 13.0 Å². The van der Waals surface area contributed by atoms with Crippen LogP contribution in [0.5, 0.6) is 0 Å². The fraction of sp³-hybridized carbons (Fsp3) is 0.667. The van der Waals surface area contributed by atoms with Gasteiger partial charge < -0.3 is 9.64 Å². The highest BCUT2D eigenvalue weighted by atomic mass is 16.5. The number of amides is 1. The van der Waals surface area contributed by atoms with Crippen molar-refractivity contribution in [1.29, 1.82) is 0 Å². The molecule has 3 heterocycles. The molecule has 2 aliphatic heterocycles. The minimum Gasteiger partial charge on any atom is -0.384 e. The number of rotatable bonds is 5. The maximum absolute atomic E-state index is 12.4. The zero-order valence-electron chi connectivity index (χ0n) is 14.4. The van der Waals surface area contributed by atoms with Crippen molar-refractivity contribution in [3.05, 3.63) is 29.6 Å². The minimum absolute atomic E-state index is 0.0529. The Morgan fingerprint density at radius 1 is 1.43 bits per heavy atom. The molecule has 1 amide bonds. The van der Waals surface area contributed by atoms with Gasteiger partial charge in [0.1, 0.15) is 0 Å². The summed E-state index contributed by atoms with van der Waals surface area (Å²) in [4.78, 5) is 21.5. The van der Waals surface area contributed by atoms with Crippen LogP contribution in [-0.4, -0.2) is 54.2 Å². The van der Waals surface area contributed by atoms with E-state index in [1.165, 1.54) is 0 Å². The molecule has 126 valence electrons. The lowest BCUT2D eigenvalue weighted by atomic mass is 9.91. The first kappa shape index (κ1) is 16.4. The molecule has 1 aromatic rings. The topological polar surface area (TPSA) is 45.7 Å². The third kappa shape index (κ3) is 3.56. The average Bonchev–Trinajstić information content (AvgIpc) is 3.05. The van der Waals surface area contributed by atoms with E-state index in [-0.39, 0.29) is 11.3 Å². The van der Waals surface area contributed by atoms with Crippen LogP contribution >= 0.6 is 0 Å². The van der Waals surface area contributed by atoms with Crippen LogP contribution < -0.4 is 0 Å². The number of ether oxygens (including phenoxy) is 1. The van der Waals surface area contributed by atoms with Gasteiger partial charge in [0.2, 0.25) is 5.91 Å². The van der Waals surface area contributed by atoms with Crippen molar-refractivity contribution in [3.8, 4) is 0 Å². The van der Waals surface area contributed by atoms with E-state index < -0.39 is 0 Å². The number of hydrogen-bond acceptors (Lipinski definition) is 4. The molecule has 2 atom stereocenters. The summed E-state index contributed by atoms with van der Waals surface area (Å²) >= 11 is 0. The lowest BCUT2D eigenvalue weighted by Crippen LogP contribution is -2.39. The highest BCUT2D eigenvalue weighted by Crippen LogP contribution is 2.35. The highest BCUT2D eigenvalue weighted by Gasteiger charge is 2.41. The molecule has 1 aromatic heterocycles. The largest absolute Gasteiger partial charge is 0.384 e. The average molecular weight is 317 g/mol. The number of methoxy groups -OCH3 is 1. The van der Waals surface area contributed by atoms with Crippen LogP contribution in [0.3, 0.4) is 0 Å². The fourth-order valence-electron chi connectivity index (χ4n) is 3.96. The predicted octanol–water partition coefficient (Wildman–Crippen LogP) is 2.37. The molecule has 2 saturated heterocycles. The first-order valence-corrected chi connectivity index (χ1v) is 8.45. The van der Waals surface area contributed by atoms with Crippen LogP contribution in [0.25, 0.3) is 0 Å². The zero-order valence-corrected chi connectivity index (χ0v) is 14.4. The molecule has 0 spiro atoms. The number of aryl methyl sites for hydroxylation is 1. The quantitative estimate of drug-likeness (QED) is 0.836. The van der Waals surface area contributed by atoms with E-state index in [1.807, 2.05) is 17.9 Å². The zero-order chi connectivity index (χ0) is 16.4. The van der Waals surface area contributed by atoms with E-state index >= 15 is 0 Å².